The number of methoxy groups -OCH3 is 1. The molecule has 0 bridgehead atoms. The van der Waals surface area contributed by atoms with Gasteiger partial charge in [-0.15, -0.1) is 0 Å². The first-order chi connectivity index (χ1) is 9.38. The highest BCUT2D eigenvalue weighted by Crippen LogP contribution is 2.11. The molecule has 0 saturated carbocycles. The second-order valence-corrected chi connectivity index (χ2v) is 3.53. The second kappa shape index (κ2) is 10.3. The van der Waals surface area contributed by atoms with E-state index in [4.69, 9.17) is 24.2 Å². The van der Waals surface area contributed by atoms with Crippen LogP contribution in [0.2, 0.25) is 0 Å². The standard InChI is InChI=1S/C13H18N2O4/c1-16-5-6-17-7-8-18-9-10-19-13-12(11-14)3-2-4-15-13/h2-4H,5-10H2,1H3. The fraction of sp³-hybridized carbons (Fsp3) is 0.538. The van der Waals surface area contributed by atoms with Gasteiger partial charge in [0.05, 0.1) is 33.0 Å². The average Bonchev–Trinajstić information content (AvgIpc) is 2.46. The molecule has 1 aromatic rings. The number of ether oxygens (including phenoxy) is 4. The van der Waals surface area contributed by atoms with Crippen molar-refractivity contribution in [1.82, 2.24) is 4.98 Å². The molecular weight excluding hydrogens is 248 g/mol. The van der Waals surface area contributed by atoms with Crippen molar-refractivity contribution in [3.8, 4) is 11.9 Å². The van der Waals surface area contributed by atoms with Crippen molar-refractivity contribution in [2.24, 2.45) is 0 Å². The number of nitriles is 1. The summed E-state index contributed by atoms with van der Waals surface area (Å²) >= 11 is 0. The molecule has 0 aliphatic rings. The Bertz CT molecular complexity index is 392. The lowest BCUT2D eigenvalue weighted by Crippen LogP contribution is -2.13. The van der Waals surface area contributed by atoms with Gasteiger partial charge in [-0.1, -0.05) is 0 Å². The lowest BCUT2D eigenvalue weighted by Gasteiger charge is -2.07. The summed E-state index contributed by atoms with van der Waals surface area (Å²) in [5.74, 6) is 0.338. The van der Waals surface area contributed by atoms with Crippen molar-refractivity contribution in [2.75, 3.05) is 46.8 Å². The van der Waals surface area contributed by atoms with Gasteiger partial charge in [0.2, 0.25) is 5.88 Å². The van der Waals surface area contributed by atoms with E-state index < -0.39 is 0 Å². The summed E-state index contributed by atoms with van der Waals surface area (Å²) in [7, 11) is 1.63. The number of nitrogens with zero attached hydrogens (tertiary/aromatic N) is 2. The Labute approximate surface area is 112 Å². The minimum absolute atomic E-state index is 0.338. The highest BCUT2D eigenvalue weighted by atomic mass is 16.6. The Hall–Kier alpha value is -1.68. The summed E-state index contributed by atoms with van der Waals surface area (Å²) in [4.78, 5) is 3.98. The highest BCUT2D eigenvalue weighted by molar-refractivity contribution is 5.36. The maximum atomic E-state index is 8.83. The predicted octanol–water partition coefficient (Wildman–Crippen LogP) is 1.01. The van der Waals surface area contributed by atoms with Crippen LogP contribution >= 0.6 is 0 Å². The summed E-state index contributed by atoms with van der Waals surface area (Å²) in [6, 6.07) is 5.37. The topological polar surface area (TPSA) is 73.6 Å². The first-order valence-electron chi connectivity index (χ1n) is 6.01. The summed E-state index contributed by atoms with van der Waals surface area (Å²) in [6.45, 7) is 2.95. The van der Waals surface area contributed by atoms with E-state index in [2.05, 4.69) is 4.98 Å². The molecule has 6 nitrogen and oxygen atoms in total. The van der Waals surface area contributed by atoms with Gasteiger partial charge >= 0.3 is 0 Å². The van der Waals surface area contributed by atoms with E-state index in [9.17, 15) is 0 Å². The van der Waals surface area contributed by atoms with Crippen LogP contribution < -0.4 is 4.74 Å². The van der Waals surface area contributed by atoms with Crippen LogP contribution in [0.25, 0.3) is 0 Å². The quantitative estimate of drug-likeness (QED) is 0.588. The Morgan fingerprint density at radius 3 is 2.47 bits per heavy atom. The minimum atomic E-state index is 0.338. The van der Waals surface area contributed by atoms with Gasteiger partial charge in [-0.2, -0.15) is 5.26 Å². The molecule has 1 aromatic heterocycles. The van der Waals surface area contributed by atoms with Crippen molar-refractivity contribution < 1.29 is 18.9 Å². The third kappa shape index (κ3) is 6.72. The lowest BCUT2D eigenvalue weighted by molar-refractivity contribution is 0.0176. The van der Waals surface area contributed by atoms with E-state index in [0.29, 0.717) is 51.1 Å². The first kappa shape index (κ1) is 15.4. The zero-order chi connectivity index (χ0) is 13.8. The molecule has 6 heteroatoms. The molecule has 1 heterocycles. The summed E-state index contributed by atoms with van der Waals surface area (Å²) < 4.78 is 20.7. The van der Waals surface area contributed by atoms with Crippen molar-refractivity contribution in [1.29, 1.82) is 5.26 Å². The molecule has 1 rings (SSSR count). The third-order valence-corrected chi connectivity index (χ3v) is 2.16. The molecule has 0 amide bonds. The van der Waals surface area contributed by atoms with E-state index in [1.54, 1.807) is 25.4 Å². The van der Waals surface area contributed by atoms with Gasteiger partial charge in [-0.05, 0) is 12.1 Å². The monoisotopic (exact) mass is 266 g/mol. The smallest absolute Gasteiger partial charge is 0.231 e. The molecule has 0 aliphatic carbocycles. The number of rotatable bonds is 10. The van der Waals surface area contributed by atoms with Crippen molar-refractivity contribution in [2.45, 2.75) is 0 Å². The Morgan fingerprint density at radius 1 is 1.11 bits per heavy atom. The zero-order valence-corrected chi connectivity index (χ0v) is 11.0. The fourth-order valence-corrected chi connectivity index (χ4v) is 1.25. The molecule has 104 valence electrons. The summed E-state index contributed by atoms with van der Waals surface area (Å²) in [5, 5.41) is 8.83. The van der Waals surface area contributed by atoms with Crippen LogP contribution in [0, 0.1) is 11.3 Å². The van der Waals surface area contributed by atoms with E-state index in [0.717, 1.165) is 0 Å². The molecule has 0 fully saturated rings. The second-order valence-electron chi connectivity index (χ2n) is 3.53. The molecule has 0 N–H and O–H groups in total. The van der Waals surface area contributed by atoms with E-state index in [-0.39, 0.29) is 0 Å². The third-order valence-electron chi connectivity index (χ3n) is 2.16. The van der Waals surface area contributed by atoms with Gasteiger partial charge < -0.3 is 18.9 Å². The van der Waals surface area contributed by atoms with Gasteiger partial charge in [0.25, 0.3) is 0 Å². The number of hydrogen-bond donors (Lipinski definition) is 0. The van der Waals surface area contributed by atoms with Crippen molar-refractivity contribution >= 4 is 0 Å². The van der Waals surface area contributed by atoms with Crippen LogP contribution in [0.1, 0.15) is 5.56 Å². The van der Waals surface area contributed by atoms with Crippen LogP contribution in [0.5, 0.6) is 5.88 Å². The Morgan fingerprint density at radius 2 is 1.79 bits per heavy atom. The Kier molecular flexibility index (Phi) is 8.31. The molecule has 0 aliphatic heterocycles. The maximum Gasteiger partial charge on any atom is 0.231 e. The number of hydrogen-bond acceptors (Lipinski definition) is 6. The van der Waals surface area contributed by atoms with E-state index >= 15 is 0 Å². The van der Waals surface area contributed by atoms with Crippen LogP contribution in [0.4, 0.5) is 0 Å². The van der Waals surface area contributed by atoms with E-state index in [1.165, 1.54) is 0 Å². The predicted molar refractivity (Wildman–Crippen MR) is 68.0 cm³/mol. The molecule has 0 atom stereocenters. The van der Waals surface area contributed by atoms with Crippen molar-refractivity contribution in [3.63, 3.8) is 0 Å². The minimum Gasteiger partial charge on any atom is -0.474 e. The summed E-state index contributed by atoms with van der Waals surface area (Å²) in [5.41, 5.74) is 0.422. The first-order valence-corrected chi connectivity index (χ1v) is 6.01. The molecular formula is C13H18N2O4. The SMILES string of the molecule is COCCOCCOCCOc1ncccc1C#N. The van der Waals surface area contributed by atoms with Crippen LogP contribution in [-0.4, -0.2) is 51.7 Å². The molecule has 0 saturated heterocycles. The molecule has 0 radical (unpaired) electrons. The average molecular weight is 266 g/mol. The molecule has 0 unspecified atom stereocenters. The Balaban J connectivity index is 2.03. The molecule has 0 aromatic carbocycles. The van der Waals surface area contributed by atoms with Crippen molar-refractivity contribution in [3.05, 3.63) is 23.9 Å². The van der Waals surface area contributed by atoms with Gasteiger partial charge in [-0.3, -0.25) is 0 Å². The van der Waals surface area contributed by atoms with Crippen LogP contribution in [-0.2, 0) is 14.2 Å². The lowest BCUT2D eigenvalue weighted by atomic mass is 10.3. The largest absolute Gasteiger partial charge is 0.474 e. The zero-order valence-electron chi connectivity index (χ0n) is 11.0. The highest BCUT2D eigenvalue weighted by Gasteiger charge is 2.02. The fourth-order valence-electron chi connectivity index (χ4n) is 1.25. The van der Waals surface area contributed by atoms with Crippen LogP contribution in [0.15, 0.2) is 18.3 Å². The van der Waals surface area contributed by atoms with Gasteiger partial charge in [0, 0.05) is 13.3 Å². The number of pyridine rings is 1. The normalized spacial score (nSPS) is 10.1. The molecule has 0 spiro atoms. The van der Waals surface area contributed by atoms with Gasteiger partial charge in [0.1, 0.15) is 18.2 Å². The van der Waals surface area contributed by atoms with Crippen LogP contribution in [0.3, 0.4) is 0 Å². The maximum absolute atomic E-state index is 8.83. The molecule has 19 heavy (non-hydrogen) atoms. The van der Waals surface area contributed by atoms with E-state index in [1.807, 2.05) is 6.07 Å². The number of aromatic nitrogens is 1. The van der Waals surface area contributed by atoms with Gasteiger partial charge in [0.15, 0.2) is 0 Å². The summed E-state index contributed by atoms with van der Waals surface area (Å²) in [6.07, 6.45) is 1.58. The van der Waals surface area contributed by atoms with Gasteiger partial charge in [-0.25, -0.2) is 4.98 Å².